The predicted molar refractivity (Wildman–Crippen MR) is 106 cm³/mol. The molecule has 4 rings (SSSR count). The van der Waals surface area contributed by atoms with Gasteiger partial charge in [-0.05, 0) is 50.2 Å². The van der Waals surface area contributed by atoms with E-state index in [-0.39, 0.29) is 11.5 Å². The molecule has 0 aliphatic rings. The summed E-state index contributed by atoms with van der Waals surface area (Å²) in [7, 11) is 0. The van der Waals surface area contributed by atoms with Gasteiger partial charge >= 0.3 is 0 Å². The van der Waals surface area contributed by atoms with Crippen LogP contribution in [0, 0.1) is 36.5 Å². The summed E-state index contributed by atoms with van der Waals surface area (Å²) >= 11 is 0. The Bertz CT molecular complexity index is 1290. The van der Waals surface area contributed by atoms with Crippen molar-refractivity contribution in [2.45, 2.75) is 13.8 Å². The van der Waals surface area contributed by atoms with Crippen LogP contribution in [-0.4, -0.2) is 20.2 Å². The second-order valence-electron chi connectivity index (χ2n) is 6.53. The summed E-state index contributed by atoms with van der Waals surface area (Å²) in [5.74, 6) is 0.739. The zero-order chi connectivity index (χ0) is 20.7. The van der Waals surface area contributed by atoms with E-state index >= 15 is 0 Å². The van der Waals surface area contributed by atoms with E-state index in [2.05, 4.69) is 22.1 Å². The average molecular weight is 382 g/mol. The summed E-state index contributed by atoms with van der Waals surface area (Å²) < 4.78 is 6.03. The first-order valence-corrected chi connectivity index (χ1v) is 8.67. The normalized spacial score (nSPS) is 10.6. The highest BCUT2D eigenvalue weighted by Gasteiger charge is 2.15. The SMILES string of the molecule is Cc1nc2c(O)ccc(C#N)c2cc1Oc1cc2c(C#N)ccc(O)c2nc1C. The fraction of sp³-hybridized carbons (Fsp3) is 0.0909. The summed E-state index contributed by atoms with van der Waals surface area (Å²) in [6.45, 7) is 3.45. The smallest absolute Gasteiger partial charge is 0.149 e. The van der Waals surface area contributed by atoms with Gasteiger partial charge in [0, 0.05) is 10.8 Å². The summed E-state index contributed by atoms with van der Waals surface area (Å²) in [6, 6.07) is 13.4. The molecule has 0 saturated heterocycles. The molecule has 7 heteroatoms. The zero-order valence-electron chi connectivity index (χ0n) is 15.6. The number of nitrogens with zero attached hydrogens (tertiary/aromatic N) is 4. The van der Waals surface area contributed by atoms with Crippen LogP contribution in [0.15, 0.2) is 36.4 Å². The standard InChI is InChI=1S/C22H14N4O3/c1-11-19(7-15-13(9-23)3-5-17(27)21(15)25-11)29-20-8-16-14(10-24)4-6-18(28)22(16)26-12(20)2/h3-8,27-28H,1-2H3. The first-order chi connectivity index (χ1) is 13.9. The summed E-state index contributed by atoms with van der Waals surface area (Å²) in [4.78, 5) is 8.76. The monoisotopic (exact) mass is 382 g/mol. The molecule has 0 aliphatic carbocycles. The number of aryl methyl sites for hydroxylation is 2. The highest BCUT2D eigenvalue weighted by molar-refractivity contribution is 5.92. The van der Waals surface area contributed by atoms with Crippen molar-refractivity contribution in [1.82, 2.24) is 9.97 Å². The van der Waals surface area contributed by atoms with Crippen molar-refractivity contribution in [3.63, 3.8) is 0 Å². The molecular formula is C22H14N4O3. The zero-order valence-corrected chi connectivity index (χ0v) is 15.6. The second-order valence-corrected chi connectivity index (χ2v) is 6.53. The van der Waals surface area contributed by atoms with E-state index in [1.807, 2.05) is 0 Å². The van der Waals surface area contributed by atoms with Gasteiger partial charge in [-0.2, -0.15) is 10.5 Å². The third-order valence-electron chi connectivity index (χ3n) is 4.68. The Kier molecular flexibility index (Phi) is 4.14. The maximum atomic E-state index is 10.1. The molecule has 0 amide bonds. The number of benzene rings is 2. The molecule has 0 fully saturated rings. The van der Waals surface area contributed by atoms with Crippen LogP contribution in [0.3, 0.4) is 0 Å². The Balaban J connectivity index is 1.90. The molecule has 2 aromatic carbocycles. The second kappa shape index (κ2) is 6.66. The number of hydrogen-bond donors (Lipinski definition) is 2. The van der Waals surface area contributed by atoms with Crippen molar-refractivity contribution < 1.29 is 14.9 Å². The summed E-state index contributed by atoms with van der Waals surface area (Å²) in [5.41, 5.74) is 2.39. The lowest BCUT2D eigenvalue weighted by Crippen LogP contribution is -1.97. The highest BCUT2D eigenvalue weighted by Crippen LogP contribution is 2.36. The number of hydrogen-bond acceptors (Lipinski definition) is 7. The third-order valence-corrected chi connectivity index (χ3v) is 4.68. The van der Waals surface area contributed by atoms with Crippen LogP contribution in [0.2, 0.25) is 0 Å². The number of rotatable bonds is 2. The molecule has 0 spiro atoms. The van der Waals surface area contributed by atoms with Crippen LogP contribution in [-0.2, 0) is 0 Å². The summed E-state index contributed by atoms with van der Waals surface area (Å²) in [6.07, 6.45) is 0. The van der Waals surface area contributed by atoms with Crippen molar-refractivity contribution in [3.05, 3.63) is 58.9 Å². The van der Waals surface area contributed by atoms with Crippen LogP contribution in [0.1, 0.15) is 22.5 Å². The number of phenols is 2. The minimum Gasteiger partial charge on any atom is -0.506 e. The number of nitriles is 2. The van der Waals surface area contributed by atoms with Gasteiger partial charge in [-0.25, -0.2) is 9.97 Å². The van der Waals surface area contributed by atoms with Gasteiger partial charge in [0.25, 0.3) is 0 Å². The van der Waals surface area contributed by atoms with Crippen LogP contribution >= 0.6 is 0 Å². The molecule has 0 saturated carbocycles. The van der Waals surface area contributed by atoms with E-state index in [0.717, 1.165) is 0 Å². The lowest BCUT2D eigenvalue weighted by Gasteiger charge is -2.14. The van der Waals surface area contributed by atoms with Crippen LogP contribution in [0.4, 0.5) is 0 Å². The van der Waals surface area contributed by atoms with Gasteiger partial charge in [-0.1, -0.05) is 0 Å². The molecular weight excluding hydrogens is 368 g/mol. The number of aromatic hydroxyl groups is 2. The maximum absolute atomic E-state index is 10.1. The first-order valence-electron chi connectivity index (χ1n) is 8.67. The van der Waals surface area contributed by atoms with Crippen molar-refractivity contribution in [3.8, 4) is 35.1 Å². The van der Waals surface area contributed by atoms with Crippen LogP contribution in [0.5, 0.6) is 23.0 Å². The van der Waals surface area contributed by atoms with Gasteiger partial charge in [0.2, 0.25) is 0 Å². The third kappa shape index (κ3) is 2.91. The Morgan fingerprint density at radius 2 is 1.17 bits per heavy atom. The van der Waals surface area contributed by atoms with Gasteiger partial charge in [-0.3, -0.25) is 0 Å². The van der Waals surface area contributed by atoms with Crippen LogP contribution in [0.25, 0.3) is 21.8 Å². The molecule has 0 unspecified atom stereocenters. The molecule has 4 aromatic rings. The number of ether oxygens (including phenoxy) is 1. The first kappa shape index (κ1) is 18.0. The molecule has 29 heavy (non-hydrogen) atoms. The minimum atomic E-state index is -0.0219. The fourth-order valence-corrected chi connectivity index (χ4v) is 3.16. The van der Waals surface area contributed by atoms with Gasteiger partial charge in [0.15, 0.2) is 0 Å². The van der Waals surface area contributed by atoms with Gasteiger partial charge < -0.3 is 14.9 Å². The minimum absolute atomic E-state index is 0.0219. The van der Waals surface area contributed by atoms with E-state index in [1.54, 1.807) is 26.0 Å². The molecule has 0 bridgehead atoms. The molecule has 0 atom stereocenters. The van der Waals surface area contributed by atoms with Gasteiger partial charge in [0.05, 0.1) is 34.7 Å². The molecule has 2 N–H and O–H groups in total. The Hall–Kier alpha value is -4.36. The van der Waals surface area contributed by atoms with Crippen molar-refractivity contribution in [2.24, 2.45) is 0 Å². The van der Waals surface area contributed by atoms with Crippen LogP contribution < -0.4 is 4.74 Å². The lowest BCUT2D eigenvalue weighted by atomic mass is 10.1. The number of pyridine rings is 2. The molecule has 0 aliphatic heterocycles. The van der Waals surface area contributed by atoms with E-state index in [0.29, 0.717) is 55.8 Å². The molecule has 140 valence electrons. The molecule has 0 radical (unpaired) electrons. The quantitative estimate of drug-likeness (QED) is 0.528. The topological polar surface area (TPSA) is 123 Å². The number of fused-ring (bicyclic) bond motifs is 2. The predicted octanol–water partition coefficient (Wildman–Crippen LogP) is 4.35. The highest BCUT2D eigenvalue weighted by atomic mass is 16.5. The largest absolute Gasteiger partial charge is 0.506 e. The van der Waals surface area contributed by atoms with Crippen molar-refractivity contribution >= 4 is 21.8 Å². The Morgan fingerprint density at radius 3 is 1.55 bits per heavy atom. The lowest BCUT2D eigenvalue weighted by molar-refractivity contribution is 0.468. The fourth-order valence-electron chi connectivity index (χ4n) is 3.16. The van der Waals surface area contributed by atoms with E-state index in [4.69, 9.17) is 4.74 Å². The van der Waals surface area contributed by atoms with E-state index < -0.39 is 0 Å². The number of phenolic OH excluding ortho intramolecular Hbond substituents is 2. The van der Waals surface area contributed by atoms with Gasteiger partial charge in [0.1, 0.15) is 34.0 Å². The molecule has 7 nitrogen and oxygen atoms in total. The number of aromatic nitrogens is 2. The molecule has 2 heterocycles. The van der Waals surface area contributed by atoms with Crippen molar-refractivity contribution in [2.75, 3.05) is 0 Å². The molecule has 2 aromatic heterocycles. The average Bonchev–Trinajstić information content (AvgIpc) is 2.71. The van der Waals surface area contributed by atoms with Crippen molar-refractivity contribution in [1.29, 1.82) is 10.5 Å². The Labute approximate surface area is 165 Å². The summed E-state index contributed by atoms with van der Waals surface area (Å²) in [5, 5.41) is 39.8. The Morgan fingerprint density at radius 1 is 0.759 bits per heavy atom. The van der Waals surface area contributed by atoms with E-state index in [1.165, 1.54) is 24.3 Å². The van der Waals surface area contributed by atoms with E-state index in [9.17, 15) is 20.7 Å². The maximum Gasteiger partial charge on any atom is 0.149 e. The van der Waals surface area contributed by atoms with Gasteiger partial charge in [-0.15, -0.1) is 0 Å².